The second kappa shape index (κ2) is 5.85. The SMILES string of the molecule is COCCN(CC(=O)O)C(=O)c1c[nH]c(=O)[nH]1. The summed E-state index contributed by atoms with van der Waals surface area (Å²) in [5.74, 6) is -1.70. The van der Waals surface area contributed by atoms with E-state index in [9.17, 15) is 14.4 Å². The van der Waals surface area contributed by atoms with E-state index in [4.69, 9.17) is 9.84 Å². The van der Waals surface area contributed by atoms with Crippen LogP contribution in [0, 0.1) is 0 Å². The average Bonchev–Trinajstić information content (AvgIpc) is 2.69. The van der Waals surface area contributed by atoms with E-state index in [2.05, 4.69) is 9.97 Å². The third-order valence-corrected chi connectivity index (χ3v) is 2.00. The van der Waals surface area contributed by atoms with E-state index in [1.165, 1.54) is 13.3 Å². The van der Waals surface area contributed by atoms with Crippen molar-refractivity contribution in [2.75, 3.05) is 26.8 Å². The van der Waals surface area contributed by atoms with Gasteiger partial charge in [0, 0.05) is 19.9 Å². The number of aliphatic carboxylic acids is 1. The summed E-state index contributed by atoms with van der Waals surface area (Å²) in [6.07, 6.45) is 1.20. The minimum atomic E-state index is -1.13. The summed E-state index contributed by atoms with van der Waals surface area (Å²) in [4.78, 5) is 38.9. The topological polar surface area (TPSA) is 115 Å². The van der Waals surface area contributed by atoms with Crippen molar-refractivity contribution in [3.63, 3.8) is 0 Å². The summed E-state index contributed by atoms with van der Waals surface area (Å²) in [5.41, 5.74) is -0.497. The largest absolute Gasteiger partial charge is 0.480 e. The smallest absolute Gasteiger partial charge is 0.323 e. The molecule has 0 unspecified atom stereocenters. The molecule has 1 aromatic rings. The highest BCUT2D eigenvalue weighted by Gasteiger charge is 2.19. The minimum absolute atomic E-state index is 0.0207. The molecule has 0 radical (unpaired) electrons. The van der Waals surface area contributed by atoms with Crippen molar-refractivity contribution in [1.82, 2.24) is 14.9 Å². The molecule has 0 spiro atoms. The number of hydrogen-bond donors (Lipinski definition) is 3. The Kier molecular flexibility index (Phi) is 4.46. The number of carbonyl (C=O) groups is 2. The molecule has 0 bridgehead atoms. The molecule has 8 heteroatoms. The summed E-state index contributed by atoms with van der Waals surface area (Å²) >= 11 is 0. The fourth-order valence-electron chi connectivity index (χ4n) is 1.23. The quantitative estimate of drug-likeness (QED) is 0.585. The Bertz CT molecular complexity index is 449. The second-order valence-electron chi connectivity index (χ2n) is 3.27. The van der Waals surface area contributed by atoms with E-state index in [1.54, 1.807) is 0 Å². The maximum absolute atomic E-state index is 11.8. The van der Waals surface area contributed by atoms with Crippen molar-refractivity contribution in [1.29, 1.82) is 0 Å². The molecular formula is C9H13N3O5. The molecule has 0 aromatic carbocycles. The molecule has 1 heterocycles. The van der Waals surface area contributed by atoms with Crippen LogP contribution in [0.15, 0.2) is 11.0 Å². The number of carboxylic acids is 1. The van der Waals surface area contributed by atoms with Gasteiger partial charge in [0.25, 0.3) is 5.91 Å². The van der Waals surface area contributed by atoms with Crippen LogP contribution in [0.5, 0.6) is 0 Å². The van der Waals surface area contributed by atoms with E-state index in [-0.39, 0.29) is 18.8 Å². The summed E-state index contributed by atoms with van der Waals surface area (Å²) in [6.45, 7) is -0.0993. The molecule has 0 aliphatic carbocycles. The Hall–Kier alpha value is -2.09. The number of hydrogen-bond acceptors (Lipinski definition) is 4. The van der Waals surface area contributed by atoms with Crippen LogP contribution in [0.4, 0.5) is 0 Å². The molecule has 0 atom stereocenters. The van der Waals surface area contributed by atoms with Gasteiger partial charge in [0.1, 0.15) is 12.2 Å². The van der Waals surface area contributed by atoms with Crippen LogP contribution < -0.4 is 5.69 Å². The predicted octanol–water partition coefficient (Wildman–Crippen LogP) is -1.12. The average molecular weight is 243 g/mol. The number of rotatable bonds is 6. The first-order valence-electron chi connectivity index (χ1n) is 4.82. The zero-order chi connectivity index (χ0) is 12.8. The van der Waals surface area contributed by atoms with Crippen molar-refractivity contribution in [3.05, 3.63) is 22.4 Å². The molecule has 3 N–H and O–H groups in total. The lowest BCUT2D eigenvalue weighted by molar-refractivity contribution is -0.137. The fraction of sp³-hybridized carbons (Fsp3) is 0.444. The molecule has 1 aromatic heterocycles. The van der Waals surface area contributed by atoms with Gasteiger partial charge in [-0.05, 0) is 0 Å². The van der Waals surface area contributed by atoms with Crippen LogP contribution in [0.1, 0.15) is 10.5 Å². The molecule has 0 aliphatic heterocycles. The first-order valence-corrected chi connectivity index (χ1v) is 4.82. The molecule has 1 amide bonds. The molecule has 17 heavy (non-hydrogen) atoms. The molecule has 0 fully saturated rings. The Morgan fingerprint density at radius 1 is 1.53 bits per heavy atom. The van der Waals surface area contributed by atoms with Gasteiger partial charge in [0.15, 0.2) is 0 Å². The standard InChI is InChI=1S/C9H13N3O5/c1-17-3-2-12(5-7(13)14)8(15)6-4-10-9(16)11-6/h4H,2-3,5H2,1H3,(H,13,14)(H2,10,11,16). The summed E-state index contributed by atoms with van der Waals surface area (Å²) in [5, 5.41) is 8.67. The van der Waals surface area contributed by atoms with Crippen LogP contribution in [-0.2, 0) is 9.53 Å². The van der Waals surface area contributed by atoms with E-state index in [1.807, 2.05) is 0 Å². The van der Waals surface area contributed by atoms with Crippen LogP contribution in [0.2, 0.25) is 0 Å². The van der Waals surface area contributed by atoms with E-state index < -0.39 is 24.1 Å². The van der Waals surface area contributed by atoms with Crippen molar-refractivity contribution >= 4 is 11.9 Å². The maximum atomic E-state index is 11.8. The second-order valence-corrected chi connectivity index (χ2v) is 3.27. The molecule has 0 saturated carbocycles. The van der Waals surface area contributed by atoms with Crippen LogP contribution in [0.25, 0.3) is 0 Å². The first kappa shape index (κ1) is 13.0. The van der Waals surface area contributed by atoms with Gasteiger partial charge in [-0.1, -0.05) is 0 Å². The number of aromatic amines is 2. The number of aromatic nitrogens is 2. The zero-order valence-electron chi connectivity index (χ0n) is 9.23. The predicted molar refractivity (Wildman–Crippen MR) is 56.8 cm³/mol. The molecule has 0 aliphatic rings. The molecule has 8 nitrogen and oxygen atoms in total. The van der Waals surface area contributed by atoms with E-state index in [0.29, 0.717) is 0 Å². The van der Waals surface area contributed by atoms with Gasteiger partial charge >= 0.3 is 11.7 Å². The minimum Gasteiger partial charge on any atom is -0.480 e. The van der Waals surface area contributed by atoms with Crippen LogP contribution >= 0.6 is 0 Å². The zero-order valence-corrected chi connectivity index (χ0v) is 9.23. The lowest BCUT2D eigenvalue weighted by Crippen LogP contribution is -2.38. The highest BCUT2D eigenvalue weighted by Crippen LogP contribution is 1.99. The Morgan fingerprint density at radius 3 is 2.71 bits per heavy atom. The number of carbonyl (C=O) groups excluding carboxylic acids is 1. The number of nitrogens with one attached hydrogen (secondary N) is 2. The highest BCUT2D eigenvalue weighted by atomic mass is 16.5. The number of carboxylic acid groups (broad SMARTS) is 1. The first-order chi connectivity index (χ1) is 8.04. The molecule has 0 saturated heterocycles. The van der Waals surface area contributed by atoms with Crippen molar-refractivity contribution in [2.24, 2.45) is 0 Å². The summed E-state index contributed by atoms with van der Waals surface area (Å²) in [6, 6.07) is 0. The molecule has 1 rings (SSSR count). The van der Waals surface area contributed by atoms with Crippen molar-refractivity contribution < 1.29 is 19.4 Å². The Morgan fingerprint density at radius 2 is 2.24 bits per heavy atom. The number of H-pyrrole nitrogens is 2. The fourth-order valence-corrected chi connectivity index (χ4v) is 1.23. The van der Waals surface area contributed by atoms with Gasteiger partial charge in [-0.3, -0.25) is 9.59 Å². The summed E-state index contributed by atoms with van der Waals surface area (Å²) < 4.78 is 4.78. The molecule has 94 valence electrons. The highest BCUT2D eigenvalue weighted by molar-refractivity contribution is 5.93. The van der Waals surface area contributed by atoms with Crippen molar-refractivity contribution in [2.45, 2.75) is 0 Å². The lowest BCUT2D eigenvalue weighted by atomic mass is 10.3. The van der Waals surface area contributed by atoms with Crippen molar-refractivity contribution in [3.8, 4) is 0 Å². The third-order valence-electron chi connectivity index (χ3n) is 2.00. The van der Waals surface area contributed by atoms with Crippen LogP contribution in [-0.4, -0.2) is 58.7 Å². The number of imidazole rings is 1. The van der Waals surface area contributed by atoms with Gasteiger partial charge in [-0.25, -0.2) is 4.79 Å². The Balaban J connectivity index is 2.78. The van der Waals surface area contributed by atoms with Gasteiger partial charge in [0.2, 0.25) is 0 Å². The number of nitrogens with zero attached hydrogens (tertiary/aromatic N) is 1. The maximum Gasteiger partial charge on any atom is 0.323 e. The monoisotopic (exact) mass is 243 g/mol. The van der Waals surface area contributed by atoms with Gasteiger partial charge in [0.05, 0.1) is 6.61 Å². The lowest BCUT2D eigenvalue weighted by Gasteiger charge is -2.19. The van der Waals surface area contributed by atoms with Gasteiger partial charge < -0.3 is 24.7 Å². The number of ether oxygens (including phenoxy) is 1. The van der Waals surface area contributed by atoms with Gasteiger partial charge in [-0.15, -0.1) is 0 Å². The van der Waals surface area contributed by atoms with E-state index in [0.717, 1.165) is 4.90 Å². The molecular weight excluding hydrogens is 230 g/mol. The Labute approximate surface area is 96.2 Å². The van der Waals surface area contributed by atoms with Crippen LogP contribution in [0.3, 0.4) is 0 Å². The normalized spacial score (nSPS) is 10.2. The van der Waals surface area contributed by atoms with Gasteiger partial charge in [-0.2, -0.15) is 0 Å². The third kappa shape index (κ3) is 3.76. The number of amides is 1. The summed E-state index contributed by atoms with van der Waals surface area (Å²) in [7, 11) is 1.45. The number of methoxy groups -OCH3 is 1. The van der Waals surface area contributed by atoms with E-state index >= 15 is 0 Å².